The maximum atomic E-state index is 12.1. The molecule has 1 fully saturated rings. The van der Waals surface area contributed by atoms with E-state index in [1.54, 1.807) is 23.7 Å². The number of fused-ring (bicyclic) bond motifs is 1. The van der Waals surface area contributed by atoms with E-state index in [0.29, 0.717) is 18.1 Å². The molecule has 3 aromatic rings. The van der Waals surface area contributed by atoms with Crippen molar-refractivity contribution in [3.8, 4) is 0 Å². The fourth-order valence-corrected chi connectivity index (χ4v) is 3.10. The molecule has 0 spiro atoms. The van der Waals surface area contributed by atoms with Crippen LogP contribution >= 0.6 is 0 Å². The van der Waals surface area contributed by atoms with E-state index in [0.717, 1.165) is 43.9 Å². The lowest BCUT2D eigenvalue weighted by Crippen LogP contribution is -2.48. The van der Waals surface area contributed by atoms with Crippen LogP contribution in [0.15, 0.2) is 35.2 Å². The van der Waals surface area contributed by atoms with Crippen molar-refractivity contribution in [3.63, 3.8) is 0 Å². The van der Waals surface area contributed by atoms with Crippen LogP contribution in [0.4, 0.5) is 5.82 Å². The Labute approximate surface area is 150 Å². The van der Waals surface area contributed by atoms with Crippen LogP contribution in [0.25, 0.3) is 5.65 Å². The molecule has 1 saturated heterocycles. The lowest BCUT2D eigenvalue weighted by atomic mass is 10.2. The third-order valence-electron chi connectivity index (χ3n) is 4.43. The Morgan fingerprint density at radius 2 is 2.08 bits per heavy atom. The van der Waals surface area contributed by atoms with E-state index in [1.165, 1.54) is 0 Å². The largest absolute Gasteiger partial charge is 0.360 e. The number of rotatable bonds is 5. The smallest absolute Gasteiger partial charge is 0.239 e. The average molecular weight is 355 g/mol. The molecular formula is C17H21N7O2. The molecule has 26 heavy (non-hydrogen) atoms. The Bertz CT molecular complexity index is 895. The zero-order chi connectivity index (χ0) is 17.9. The first-order valence-corrected chi connectivity index (χ1v) is 8.62. The first kappa shape index (κ1) is 16.7. The summed E-state index contributed by atoms with van der Waals surface area (Å²) in [7, 11) is 0. The summed E-state index contributed by atoms with van der Waals surface area (Å²) in [6.07, 6.45) is 5.66. The molecule has 1 N–H and O–H groups in total. The zero-order valence-corrected chi connectivity index (χ0v) is 14.6. The van der Waals surface area contributed by atoms with Crippen molar-refractivity contribution in [1.29, 1.82) is 0 Å². The number of nitrogens with zero attached hydrogens (tertiary/aromatic N) is 6. The van der Waals surface area contributed by atoms with Gasteiger partial charge in [0.2, 0.25) is 5.91 Å². The molecule has 0 unspecified atom stereocenters. The molecule has 4 heterocycles. The molecule has 0 saturated carbocycles. The molecule has 4 rings (SSSR count). The second-order valence-corrected chi connectivity index (χ2v) is 6.52. The number of nitrogens with one attached hydrogen (secondary N) is 1. The molecule has 0 aliphatic carbocycles. The Morgan fingerprint density at radius 1 is 1.27 bits per heavy atom. The van der Waals surface area contributed by atoms with Crippen LogP contribution in [0.3, 0.4) is 0 Å². The van der Waals surface area contributed by atoms with Gasteiger partial charge in [-0.1, -0.05) is 5.16 Å². The average Bonchev–Trinajstić information content (AvgIpc) is 3.25. The van der Waals surface area contributed by atoms with Gasteiger partial charge < -0.3 is 9.84 Å². The minimum absolute atomic E-state index is 0.0694. The molecule has 1 aliphatic heterocycles. The van der Waals surface area contributed by atoms with Crippen LogP contribution in [0.5, 0.6) is 0 Å². The second kappa shape index (κ2) is 7.22. The van der Waals surface area contributed by atoms with Crippen molar-refractivity contribution in [2.45, 2.75) is 13.5 Å². The number of carbonyl (C=O) groups is 1. The van der Waals surface area contributed by atoms with E-state index in [4.69, 9.17) is 4.52 Å². The van der Waals surface area contributed by atoms with Gasteiger partial charge >= 0.3 is 0 Å². The van der Waals surface area contributed by atoms with Crippen molar-refractivity contribution in [3.05, 3.63) is 42.0 Å². The Balaban J connectivity index is 1.25. The van der Waals surface area contributed by atoms with E-state index in [1.807, 2.05) is 18.5 Å². The summed E-state index contributed by atoms with van der Waals surface area (Å²) in [5.74, 6) is 1.07. The maximum absolute atomic E-state index is 12.1. The second-order valence-electron chi connectivity index (χ2n) is 6.52. The van der Waals surface area contributed by atoms with E-state index < -0.39 is 0 Å². The van der Waals surface area contributed by atoms with Gasteiger partial charge in [-0.05, 0) is 6.92 Å². The Hall–Kier alpha value is -2.78. The SMILES string of the molecule is Cc1cc(NC(=O)CN2CCN(Cc3cnc4ccnn4c3)CC2)no1. The van der Waals surface area contributed by atoms with Crippen LogP contribution in [-0.2, 0) is 11.3 Å². The number of anilines is 1. The van der Waals surface area contributed by atoms with Crippen molar-refractivity contribution >= 4 is 17.4 Å². The number of piperazine rings is 1. The lowest BCUT2D eigenvalue weighted by Gasteiger charge is -2.34. The van der Waals surface area contributed by atoms with Gasteiger partial charge in [-0.2, -0.15) is 5.10 Å². The Kier molecular flexibility index (Phi) is 4.63. The van der Waals surface area contributed by atoms with Gasteiger partial charge in [0.1, 0.15) is 5.76 Å². The molecule has 3 aromatic heterocycles. The summed E-state index contributed by atoms with van der Waals surface area (Å²) in [5.41, 5.74) is 1.99. The molecule has 136 valence electrons. The van der Waals surface area contributed by atoms with Gasteiger partial charge in [0, 0.05) is 62.8 Å². The third kappa shape index (κ3) is 3.89. The van der Waals surface area contributed by atoms with Crippen LogP contribution in [0.1, 0.15) is 11.3 Å². The summed E-state index contributed by atoms with van der Waals surface area (Å²) < 4.78 is 6.74. The highest BCUT2D eigenvalue weighted by atomic mass is 16.5. The number of hydrogen-bond acceptors (Lipinski definition) is 7. The highest BCUT2D eigenvalue weighted by Crippen LogP contribution is 2.10. The van der Waals surface area contributed by atoms with Gasteiger partial charge in [0.05, 0.1) is 12.7 Å². The highest BCUT2D eigenvalue weighted by molar-refractivity contribution is 5.91. The number of carbonyl (C=O) groups excluding carboxylic acids is 1. The van der Waals surface area contributed by atoms with Crippen molar-refractivity contribution in [2.75, 3.05) is 38.0 Å². The number of hydrogen-bond donors (Lipinski definition) is 1. The number of aryl methyl sites for hydroxylation is 1. The van der Waals surface area contributed by atoms with Gasteiger partial charge in [0.15, 0.2) is 11.5 Å². The summed E-state index contributed by atoms with van der Waals surface area (Å²) in [5, 5.41) is 10.8. The molecular weight excluding hydrogens is 334 g/mol. The lowest BCUT2D eigenvalue weighted by molar-refractivity contribution is -0.117. The van der Waals surface area contributed by atoms with Gasteiger partial charge in [-0.25, -0.2) is 9.50 Å². The van der Waals surface area contributed by atoms with Crippen LogP contribution < -0.4 is 5.32 Å². The molecule has 0 aromatic carbocycles. The summed E-state index contributed by atoms with van der Waals surface area (Å²) >= 11 is 0. The number of aromatic nitrogens is 4. The number of amides is 1. The Morgan fingerprint density at radius 3 is 2.85 bits per heavy atom. The van der Waals surface area contributed by atoms with Crippen LogP contribution in [0, 0.1) is 6.92 Å². The summed E-state index contributed by atoms with van der Waals surface area (Å²) in [4.78, 5) is 21.0. The molecule has 9 heteroatoms. The summed E-state index contributed by atoms with van der Waals surface area (Å²) in [6, 6.07) is 3.59. The molecule has 0 radical (unpaired) electrons. The predicted molar refractivity (Wildman–Crippen MR) is 94.6 cm³/mol. The third-order valence-corrected chi connectivity index (χ3v) is 4.43. The molecule has 0 bridgehead atoms. The van der Waals surface area contributed by atoms with Gasteiger partial charge in [-0.15, -0.1) is 0 Å². The van der Waals surface area contributed by atoms with E-state index in [-0.39, 0.29) is 5.91 Å². The zero-order valence-electron chi connectivity index (χ0n) is 14.6. The molecule has 0 atom stereocenters. The first-order chi connectivity index (χ1) is 12.7. The van der Waals surface area contributed by atoms with Crippen molar-refractivity contribution in [1.82, 2.24) is 29.6 Å². The van der Waals surface area contributed by atoms with Gasteiger partial charge in [0.25, 0.3) is 0 Å². The first-order valence-electron chi connectivity index (χ1n) is 8.62. The molecule has 1 aliphatic rings. The van der Waals surface area contributed by atoms with Crippen LogP contribution in [0.2, 0.25) is 0 Å². The molecule has 9 nitrogen and oxygen atoms in total. The topological polar surface area (TPSA) is 91.8 Å². The minimum Gasteiger partial charge on any atom is -0.360 e. The quantitative estimate of drug-likeness (QED) is 0.723. The maximum Gasteiger partial charge on any atom is 0.239 e. The highest BCUT2D eigenvalue weighted by Gasteiger charge is 2.19. The fraction of sp³-hybridized carbons (Fsp3) is 0.412. The van der Waals surface area contributed by atoms with Crippen molar-refractivity contribution in [2.24, 2.45) is 0 Å². The van der Waals surface area contributed by atoms with Gasteiger partial charge in [-0.3, -0.25) is 14.6 Å². The standard InChI is InChI=1S/C17H21N7O2/c1-13-8-15(21-26-13)20-17(25)12-23-6-4-22(5-7-23)10-14-9-18-16-2-3-19-24(16)11-14/h2-3,8-9,11H,4-7,10,12H2,1H3,(H,20,21,25). The van der Waals surface area contributed by atoms with Crippen molar-refractivity contribution < 1.29 is 9.32 Å². The van der Waals surface area contributed by atoms with Crippen LogP contribution in [-0.4, -0.2) is 68.2 Å². The normalized spacial score (nSPS) is 16.2. The van der Waals surface area contributed by atoms with E-state index >= 15 is 0 Å². The predicted octanol–water partition coefficient (Wildman–Crippen LogP) is 0.782. The fourth-order valence-electron chi connectivity index (χ4n) is 3.10. The molecule has 1 amide bonds. The monoisotopic (exact) mass is 355 g/mol. The van der Waals surface area contributed by atoms with E-state index in [9.17, 15) is 4.79 Å². The summed E-state index contributed by atoms with van der Waals surface area (Å²) in [6.45, 7) is 6.51. The van der Waals surface area contributed by atoms with E-state index in [2.05, 4.69) is 30.4 Å². The minimum atomic E-state index is -0.0694.